The number of pyridine rings is 1. The largest absolute Gasteiger partial charge is 0.490 e. The van der Waals surface area contributed by atoms with Crippen LogP contribution in [0, 0.1) is 0 Å². The zero-order valence-corrected chi connectivity index (χ0v) is 18.2. The van der Waals surface area contributed by atoms with E-state index in [0.29, 0.717) is 11.2 Å². The number of fused-ring (bicyclic) bond motifs is 1. The molecule has 35 heavy (non-hydrogen) atoms. The van der Waals surface area contributed by atoms with Gasteiger partial charge in [0, 0.05) is 14.2 Å². The number of benzene rings is 1. The molecule has 0 aliphatic carbocycles. The fourth-order valence-corrected chi connectivity index (χ4v) is 2.74. The summed E-state index contributed by atoms with van der Waals surface area (Å²) in [7, 11) is 3.13. The molecule has 2 heterocycles. The van der Waals surface area contributed by atoms with Crippen molar-refractivity contribution in [3.63, 3.8) is 0 Å². The van der Waals surface area contributed by atoms with Gasteiger partial charge in [0.05, 0.1) is 28.8 Å². The molecular formula is C20H19F6N5O4. The quantitative estimate of drug-likeness (QED) is 0.335. The van der Waals surface area contributed by atoms with Crippen molar-refractivity contribution in [2.75, 3.05) is 38.4 Å². The minimum absolute atomic E-state index is 0.0397. The predicted octanol–water partition coefficient (Wildman–Crippen LogP) is 3.99. The highest BCUT2D eigenvalue weighted by Crippen LogP contribution is 2.42. The normalized spacial score (nSPS) is 11.5. The van der Waals surface area contributed by atoms with Gasteiger partial charge in [0.15, 0.2) is 5.65 Å². The Labute approximate surface area is 193 Å². The number of rotatable bonds is 6. The maximum atomic E-state index is 13.6. The monoisotopic (exact) mass is 507 g/mol. The number of anilines is 2. The van der Waals surface area contributed by atoms with E-state index >= 15 is 0 Å². The Hall–Kier alpha value is -3.88. The number of aliphatic carboxylic acids is 1. The van der Waals surface area contributed by atoms with Crippen molar-refractivity contribution in [1.82, 2.24) is 15.0 Å². The molecule has 0 aliphatic heterocycles. The second-order valence-corrected chi connectivity index (χ2v) is 6.57. The van der Waals surface area contributed by atoms with Gasteiger partial charge in [-0.3, -0.25) is 0 Å². The molecule has 3 rings (SSSR count). The summed E-state index contributed by atoms with van der Waals surface area (Å²) in [5.41, 5.74) is 4.89. The van der Waals surface area contributed by atoms with Gasteiger partial charge >= 0.3 is 18.3 Å². The van der Waals surface area contributed by atoms with Gasteiger partial charge in [-0.1, -0.05) is 6.07 Å². The number of carbonyl (C=O) groups is 1. The molecular weight excluding hydrogens is 488 g/mol. The molecule has 0 atom stereocenters. The van der Waals surface area contributed by atoms with Crippen molar-refractivity contribution in [2.45, 2.75) is 12.4 Å². The van der Waals surface area contributed by atoms with Gasteiger partial charge in [-0.05, 0) is 24.3 Å². The van der Waals surface area contributed by atoms with E-state index in [1.54, 1.807) is 13.1 Å². The number of carboxylic acid groups (broad SMARTS) is 1. The molecule has 2 aromatic heterocycles. The number of nitrogens with zero attached hydrogens (tertiary/aromatic N) is 3. The van der Waals surface area contributed by atoms with Crippen LogP contribution in [0.25, 0.3) is 22.3 Å². The SMILES string of the molecule is CNc1nc(N)nc2nc(-c3c(OCCOC)cccc3C(F)(F)F)ccc12.O=C(O)C(F)(F)F. The Morgan fingerprint density at radius 2 is 1.71 bits per heavy atom. The van der Waals surface area contributed by atoms with Crippen LogP contribution in [0.1, 0.15) is 5.56 Å². The number of hydrogen-bond acceptors (Lipinski definition) is 8. The van der Waals surface area contributed by atoms with Crippen molar-refractivity contribution in [3.05, 3.63) is 35.9 Å². The summed E-state index contributed by atoms with van der Waals surface area (Å²) in [6, 6.07) is 6.79. The molecule has 0 spiro atoms. The van der Waals surface area contributed by atoms with E-state index < -0.39 is 23.9 Å². The smallest absolute Gasteiger partial charge is 0.490 e. The average Bonchev–Trinajstić information content (AvgIpc) is 2.77. The summed E-state index contributed by atoms with van der Waals surface area (Å²) in [4.78, 5) is 21.3. The summed E-state index contributed by atoms with van der Waals surface area (Å²) >= 11 is 0. The molecule has 4 N–H and O–H groups in total. The van der Waals surface area contributed by atoms with E-state index in [1.165, 1.54) is 25.3 Å². The summed E-state index contributed by atoms with van der Waals surface area (Å²) in [5.74, 6) is -2.31. The highest BCUT2D eigenvalue weighted by molar-refractivity contribution is 5.89. The number of halogens is 6. The maximum absolute atomic E-state index is 13.6. The molecule has 3 aromatic rings. The fourth-order valence-electron chi connectivity index (χ4n) is 2.74. The van der Waals surface area contributed by atoms with E-state index in [4.69, 9.17) is 25.1 Å². The van der Waals surface area contributed by atoms with Crippen molar-refractivity contribution in [3.8, 4) is 17.0 Å². The standard InChI is InChI=1S/C18H18F3N5O2.C2HF3O2/c1-23-15-10-6-7-12(24-16(10)26-17(22)25-15)14-11(18(19,20)21)4-3-5-13(14)28-9-8-27-2;3-2(4,5)1(6)7/h3-7H,8-9H2,1-2H3,(H3,22,23,24,25,26);(H,6,7). The summed E-state index contributed by atoms with van der Waals surface area (Å²) in [5, 5.41) is 10.5. The van der Waals surface area contributed by atoms with E-state index in [0.717, 1.165) is 6.07 Å². The van der Waals surface area contributed by atoms with Crippen LogP contribution in [-0.2, 0) is 15.7 Å². The number of nitrogens with one attached hydrogen (secondary N) is 1. The topological polar surface area (TPSA) is 132 Å². The first-order valence-electron chi connectivity index (χ1n) is 9.54. The number of carboxylic acids is 1. The van der Waals surface area contributed by atoms with E-state index in [9.17, 15) is 26.3 Å². The number of ether oxygens (including phenoxy) is 2. The van der Waals surface area contributed by atoms with Crippen molar-refractivity contribution >= 4 is 28.8 Å². The van der Waals surface area contributed by atoms with Crippen molar-refractivity contribution in [1.29, 1.82) is 0 Å². The Morgan fingerprint density at radius 1 is 1.06 bits per heavy atom. The Bertz CT molecular complexity index is 1190. The number of aromatic nitrogens is 3. The first kappa shape index (κ1) is 27.4. The average molecular weight is 507 g/mol. The second-order valence-electron chi connectivity index (χ2n) is 6.57. The van der Waals surface area contributed by atoms with Crippen LogP contribution < -0.4 is 15.8 Å². The lowest BCUT2D eigenvalue weighted by Crippen LogP contribution is -2.21. The van der Waals surface area contributed by atoms with Gasteiger partial charge in [0.2, 0.25) is 5.95 Å². The van der Waals surface area contributed by atoms with Crippen LogP contribution >= 0.6 is 0 Å². The van der Waals surface area contributed by atoms with Gasteiger partial charge in [-0.25, -0.2) is 9.78 Å². The summed E-state index contributed by atoms with van der Waals surface area (Å²) < 4.78 is 83.1. The number of alkyl halides is 6. The van der Waals surface area contributed by atoms with Gasteiger partial charge in [-0.2, -0.15) is 36.3 Å². The molecule has 9 nitrogen and oxygen atoms in total. The third-order valence-corrected chi connectivity index (χ3v) is 4.19. The first-order valence-corrected chi connectivity index (χ1v) is 9.54. The third-order valence-electron chi connectivity index (χ3n) is 4.19. The molecule has 1 aromatic carbocycles. The number of hydrogen-bond donors (Lipinski definition) is 3. The first-order chi connectivity index (χ1) is 16.3. The molecule has 0 saturated carbocycles. The minimum Gasteiger partial charge on any atom is -0.490 e. The Kier molecular flexibility index (Phi) is 8.62. The highest BCUT2D eigenvalue weighted by atomic mass is 19.4. The predicted molar refractivity (Wildman–Crippen MR) is 113 cm³/mol. The minimum atomic E-state index is -5.08. The maximum Gasteiger partial charge on any atom is 0.490 e. The molecule has 0 radical (unpaired) electrons. The molecule has 0 saturated heterocycles. The molecule has 190 valence electrons. The van der Waals surface area contributed by atoms with Gasteiger partial charge in [0.25, 0.3) is 0 Å². The van der Waals surface area contributed by atoms with Gasteiger partial charge < -0.3 is 25.6 Å². The van der Waals surface area contributed by atoms with Crippen molar-refractivity contribution < 1.29 is 45.7 Å². The Balaban J connectivity index is 0.000000540. The van der Waals surface area contributed by atoms with Gasteiger partial charge in [-0.15, -0.1) is 0 Å². The molecule has 0 aliphatic rings. The number of nitrogens with two attached hydrogens (primary N) is 1. The molecule has 0 unspecified atom stereocenters. The van der Waals surface area contributed by atoms with E-state index in [2.05, 4.69) is 20.3 Å². The van der Waals surface area contributed by atoms with Crippen LogP contribution in [0.3, 0.4) is 0 Å². The van der Waals surface area contributed by atoms with Crippen LogP contribution in [0.15, 0.2) is 30.3 Å². The summed E-state index contributed by atoms with van der Waals surface area (Å²) in [6.45, 7) is 0.327. The van der Waals surface area contributed by atoms with Crippen LogP contribution in [0.5, 0.6) is 5.75 Å². The lowest BCUT2D eigenvalue weighted by atomic mass is 10.0. The zero-order valence-electron chi connectivity index (χ0n) is 18.2. The lowest BCUT2D eigenvalue weighted by Gasteiger charge is -2.17. The Morgan fingerprint density at radius 3 is 2.26 bits per heavy atom. The van der Waals surface area contributed by atoms with E-state index in [1.807, 2.05) is 0 Å². The fraction of sp³-hybridized carbons (Fsp3) is 0.300. The van der Waals surface area contributed by atoms with Crippen LogP contribution in [-0.4, -0.2) is 59.6 Å². The van der Waals surface area contributed by atoms with Crippen molar-refractivity contribution in [2.24, 2.45) is 0 Å². The lowest BCUT2D eigenvalue weighted by molar-refractivity contribution is -0.192. The molecule has 0 amide bonds. The zero-order chi connectivity index (χ0) is 26.4. The highest BCUT2D eigenvalue weighted by Gasteiger charge is 2.38. The molecule has 15 heteroatoms. The third kappa shape index (κ3) is 7.05. The summed E-state index contributed by atoms with van der Waals surface area (Å²) in [6.07, 6.45) is -9.67. The van der Waals surface area contributed by atoms with Crippen LogP contribution in [0.4, 0.5) is 38.1 Å². The van der Waals surface area contributed by atoms with Gasteiger partial charge in [0.1, 0.15) is 18.2 Å². The van der Waals surface area contributed by atoms with E-state index in [-0.39, 0.29) is 41.8 Å². The van der Waals surface area contributed by atoms with Crippen LogP contribution in [0.2, 0.25) is 0 Å². The second kappa shape index (κ2) is 11.0. The number of nitrogen functional groups attached to an aromatic ring is 1. The molecule has 0 bridgehead atoms. The molecule has 0 fully saturated rings. The number of methoxy groups -OCH3 is 1.